The molecule has 1 saturated carbocycles. The fourth-order valence-electron chi connectivity index (χ4n) is 3.13. The number of fused-ring (bicyclic) bond motifs is 1. The maximum Gasteiger partial charge on any atom is 0.228 e. The largest absolute Gasteiger partial charge is 0.373 e. The molecule has 7 nitrogen and oxygen atoms in total. The minimum Gasteiger partial charge on any atom is -0.373 e. The molecule has 0 unspecified atom stereocenters. The Bertz CT molecular complexity index is 1200. The lowest BCUT2D eigenvalue weighted by atomic mass is 9.49. The van der Waals surface area contributed by atoms with Crippen molar-refractivity contribution in [3.8, 4) is 11.8 Å². The summed E-state index contributed by atoms with van der Waals surface area (Å²) in [7, 11) is 19.0. The Hall–Kier alpha value is -3.21. The Kier molecular flexibility index (Phi) is 5.06. The van der Waals surface area contributed by atoms with Crippen molar-refractivity contribution < 1.29 is 4.79 Å². The molecular weight excluding hydrogens is 373 g/mol. The van der Waals surface area contributed by atoms with Crippen LogP contribution in [-0.2, 0) is 10.0 Å². The summed E-state index contributed by atoms with van der Waals surface area (Å²) < 4.78 is 1.45. The molecule has 6 radical (unpaired) electrons. The number of rotatable bonds is 4. The van der Waals surface area contributed by atoms with E-state index in [-0.39, 0.29) is 11.8 Å². The maximum absolute atomic E-state index is 12.1. The summed E-state index contributed by atoms with van der Waals surface area (Å²) in [5.41, 5.74) is 1.14. The Morgan fingerprint density at radius 2 is 1.97 bits per heavy atom. The van der Waals surface area contributed by atoms with Crippen LogP contribution in [0.3, 0.4) is 0 Å². The first-order valence-electron chi connectivity index (χ1n) is 9.48. The molecular formula is C20H17B3N6O. The lowest BCUT2D eigenvalue weighted by molar-refractivity contribution is -0.117. The number of aryl methyl sites for hydroxylation is 1. The van der Waals surface area contributed by atoms with Crippen molar-refractivity contribution in [2.24, 2.45) is 5.92 Å². The first-order valence-corrected chi connectivity index (χ1v) is 9.48. The van der Waals surface area contributed by atoms with Crippen LogP contribution in [0.5, 0.6) is 0 Å². The van der Waals surface area contributed by atoms with Gasteiger partial charge in [-0.1, -0.05) is 11.2 Å². The van der Waals surface area contributed by atoms with E-state index < -0.39 is 5.24 Å². The molecule has 0 aliphatic heterocycles. The number of amides is 1. The normalized spacial score (nSPS) is 13.5. The van der Waals surface area contributed by atoms with Gasteiger partial charge in [-0.05, 0) is 31.8 Å². The monoisotopic (exact) mass is 390 g/mol. The van der Waals surface area contributed by atoms with E-state index in [4.69, 9.17) is 23.5 Å². The Labute approximate surface area is 178 Å². The van der Waals surface area contributed by atoms with Crippen LogP contribution >= 0.6 is 0 Å². The molecule has 0 bridgehead atoms. The van der Waals surface area contributed by atoms with Crippen LogP contribution in [0, 0.1) is 24.7 Å². The number of anilines is 2. The van der Waals surface area contributed by atoms with E-state index in [9.17, 15) is 4.79 Å². The van der Waals surface area contributed by atoms with E-state index in [2.05, 4.69) is 37.4 Å². The SMILES string of the molecule is [B]C([B])([B])n1cc(C#Cc2cnc(NC)c3cnc(NC(=O)C4CC4)cc23)nc1C. The number of hydrogen-bond donors (Lipinski definition) is 2. The molecule has 0 aromatic carbocycles. The summed E-state index contributed by atoms with van der Waals surface area (Å²) in [5.74, 6) is 7.86. The summed E-state index contributed by atoms with van der Waals surface area (Å²) >= 11 is 0. The average molecular weight is 390 g/mol. The van der Waals surface area contributed by atoms with Gasteiger partial charge >= 0.3 is 0 Å². The van der Waals surface area contributed by atoms with Crippen LogP contribution in [0.25, 0.3) is 10.8 Å². The molecule has 1 aliphatic rings. The number of nitrogens with zero attached hydrogens (tertiary/aromatic N) is 4. The number of imidazole rings is 1. The van der Waals surface area contributed by atoms with Gasteiger partial charge in [-0.25, -0.2) is 15.0 Å². The van der Waals surface area contributed by atoms with Crippen LogP contribution in [0.1, 0.15) is 29.9 Å². The second kappa shape index (κ2) is 7.56. The van der Waals surface area contributed by atoms with Gasteiger partial charge in [0.1, 0.15) is 23.2 Å². The van der Waals surface area contributed by atoms with Gasteiger partial charge in [0.05, 0.1) is 29.1 Å². The van der Waals surface area contributed by atoms with Gasteiger partial charge in [0, 0.05) is 42.3 Å². The first-order chi connectivity index (χ1) is 14.3. The zero-order valence-electron chi connectivity index (χ0n) is 16.7. The van der Waals surface area contributed by atoms with Crippen molar-refractivity contribution >= 4 is 51.9 Å². The molecule has 30 heavy (non-hydrogen) atoms. The highest BCUT2D eigenvalue weighted by Gasteiger charge is 2.29. The van der Waals surface area contributed by atoms with E-state index in [1.807, 2.05) is 0 Å². The number of hydrogen-bond acceptors (Lipinski definition) is 5. The zero-order valence-corrected chi connectivity index (χ0v) is 16.7. The topological polar surface area (TPSA) is 84.7 Å². The van der Waals surface area contributed by atoms with Gasteiger partial charge in [-0.3, -0.25) is 4.79 Å². The predicted octanol–water partition coefficient (Wildman–Crippen LogP) is 0.998. The smallest absolute Gasteiger partial charge is 0.228 e. The molecule has 0 saturated heterocycles. The quantitative estimate of drug-likeness (QED) is 0.513. The predicted molar refractivity (Wildman–Crippen MR) is 119 cm³/mol. The summed E-state index contributed by atoms with van der Waals surface area (Å²) in [4.78, 5) is 25.2. The second-order valence-electron chi connectivity index (χ2n) is 7.33. The lowest BCUT2D eigenvalue weighted by Gasteiger charge is -2.23. The molecule has 3 aromatic rings. The van der Waals surface area contributed by atoms with Crippen molar-refractivity contribution in [3.05, 3.63) is 41.7 Å². The molecule has 3 aromatic heterocycles. The van der Waals surface area contributed by atoms with E-state index >= 15 is 0 Å². The number of carbonyl (C=O) groups excluding carboxylic acids is 1. The number of aromatic nitrogens is 4. The van der Waals surface area contributed by atoms with Crippen molar-refractivity contribution in [1.29, 1.82) is 0 Å². The van der Waals surface area contributed by atoms with E-state index in [1.54, 1.807) is 38.6 Å². The fourth-order valence-corrected chi connectivity index (χ4v) is 3.13. The van der Waals surface area contributed by atoms with Crippen molar-refractivity contribution in [1.82, 2.24) is 19.5 Å². The van der Waals surface area contributed by atoms with Crippen molar-refractivity contribution in [2.75, 3.05) is 17.7 Å². The highest BCUT2D eigenvalue weighted by molar-refractivity contribution is 6.56. The van der Waals surface area contributed by atoms with E-state index in [0.29, 0.717) is 28.7 Å². The summed E-state index contributed by atoms with van der Waals surface area (Å²) in [6.07, 6.45) is 6.78. The Morgan fingerprint density at radius 3 is 2.60 bits per heavy atom. The molecule has 2 N–H and O–H groups in total. The van der Waals surface area contributed by atoms with Gasteiger partial charge in [-0.2, -0.15) is 0 Å². The highest BCUT2D eigenvalue weighted by Crippen LogP contribution is 2.31. The fraction of sp³-hybridized carbons (Fsp3) is 0.300. The second-order valence-corrected chi connectivity index (χ2v) is 7.33. The van der Waals surface area contributed by atoms with Crippen LogP contribution in [0.4, 0.5) is 11.6 Å². The van der Waals surface area contributed by atoms with Gasteiger partial charge in [-0.15, -0.1) is 0 Å². The molecule has 1 aliphatic carbocycles. The summed E-state index contributed by atoms with van der Waals surface area (Å²) in [5, 5.41) is 5.95. The third kappa shape index (κ3) is 4.06. The van der Waals surface area contributed by atoms with E-state index in [1.165, 1.54) is 4.57 Å². The minimum atomic E-state index is -1.56. The molecule has 0 spiro atoms. The molecule has 0 atom stereocenters. The Morgan fingerprint density at radius 1 is 1.20 bits per heavy atom. The first kappa shape index (κ1) is 20.1. The van der Waals surface area contributed by atoms with Gasteiger partial charge in [0.15, 0.2) is 0 Å². The van der Waals surface area contributed by atoms with Crippen LogP contribution in [-0.4, -0.2) is 56.0 Å². The third-order valence-corrected chi connectivity index (χ3v) is 4.83. The molecule has 142 valence electrons. The zero-order chi connectivity index (χ0) is 21.5. The third-order valence-electron chi connectivity index (χ3n) is 4.83. The number of nitrogens with one attached hydrogen (secondary N) is 2. The minimum absolute atomic E-state index is 0.00719. The standard InChI is InChI=1S/C20H17B3N6O/c1-11-27-14(10-29(11)20(21,22)23)6-5-13-8-26-18(24-2)16-9-25-17(7-15(13)16)28-19(30)12-3-4-12/h7-10,12H,3-4H2,1-2H3,(H,24,26)(H,25,28,30). The highest BCUT2D eigenvalue weighted by atomic mass is 16.2. The molecule has 1 amide bonds. The average Bonchev–Trinajstić information content (AvgIpc) is 3.47. The van der Waals surface area contributed by atoms with Crippen molar-refractivity contribution in [3.63, 3.8) is 0 Å². The Balaban J connectivity index is 1.73. The maximum atomic E-state index is 12.1. The van der Waals surface area contributed by atoms with Gasteiger partial charge in [0.25, 0.3) is 0 Å². The van der Waals surface area contributed by atoms with Gasteiger partial charge < -0.3 is 15.2 Å². The molecule has 4 rings (SSSR count). The van der Waals surface area contributed by atoms with E-state index in [0.717, 1.165) is 23.6 Å². The number of carbonyl (C=O) groups is 1. The lowest BCUT2D eigenvalue weighted by Crippen LogP contribution is -2.35. The van der Waals surface area contributed by atoms with Crippen LogP contribution < -0.4 is 10.6 Å². The molecule has 1 fully saturated rings. The van der Waals surface area contributed by atoms with Crippen LogP contribution in [0.2, 0.25) is 0 Å². The van der Waals surface area contributed by atoms with Crippen molar-refractivity contribution in [2.45, 2.75) is 25.0 Å². The molecule has 10 heteroatoms. The summed E-state index contributed by atoms with van der Waals surface area (Å²) in [6.45, 7) is 1.74. The van der Waals surface area contributed by atoms with Crippen LogP contribution in [0.15, 0.2) is 24.7 Å². The molecule has 3 heterocycles. The number of pyridine rings is 2. The summed E-state index contributed by atoms with van der Waals surface area (Å²) in [6, 6.07) is 1.80. The van der Waals surface area contributed by atoms with Gasteiger partial charge in [0.2, 0.25) is 5.91 Å².